The van der Waals surface area contributed by atoms with Crippen LogP contribution >= 0.6 is 11.6 Å². The molecule has 0 aliphatic carbocycles. The van der Waals surface area contributed by atoms with Crippen molar-refractivity contribution in [3.05, 3.63) is 52.6 Å². The number of halogens is 2. The Bertz CT molecular complexity index is 524. The minimum atomic E-state index is -0.330. The topological polar surface area (TPSA) is 43.8 Å². The molecule has 1 aromatic heterocycles. The van der Waals surface area contributed by atoms with Crippen molar-refractivity contribution in [2.24, 2.45) is 12.8 Å². The van der Waals surface area contributed by atoms with Gasteiger partial charge >= 0.3 is 0 Å². The highest BCUT2D eigenvalue weighted by Gasteiger charge is 2.12. The van der Waals surface area contributed by atoms with Gasteiger partial charge in [-0.05, 0) is 30.2 Å². The fourth-order valence-electron chi connectivity index (χ4n) is 1.66. The molecule has 0 radical (unpaired) electrons. The summed E-state index contributed by atoms with van der Waals surface area (Å²) in [6.07, 6.45) is 2.22. The molecule has 1 unspecified atom stereocenters. The fraction of sp³-hybridized carbons (Fsp3) is 0.250. The molecule has 2 N–H and O–H groups in total. The van der Waals surface area contributed by atoms with Crippen molar-refractivity contribution < 1.29 is 4.39 Å². The number of benzene rings is 1. The molecule has 3 nitrogen and oxygen atoms in total. The molecular weight excluding hydrogens is 241 g/mol. The molecule has 2 rings (SSSR count). The van der Waals surface area contributed by atoms with E-state index in [0.29, 0.717) is 17.0 Å². The summed E-state index contributed by atoms with van der Waals surface area (Å²) < 4.78 is 15.2. The molecule has 90 valence electrons. The van der Waals surface area contributed by atoms with Crippen LogP contribution in [0.3, 0.4) is 0 Å². The van der Waals surface area contributed by atoms with Gasteiger partial charge in [0.1, 0.15) is 5.82 Å². The summed E-state index contributed by atoms with van der Waals surface area (Å²) in [7, 11) is 1.82. The average molecular weight is 254 g/mol. The second-order valence-electron chi connectivity index (χ2n) is 3.96. The summed E-state index contributed by atoms with van der Waals surface area (Å²) in [5.41, 5.74) is 7.27. The third-order valence-corrected chi connectivity index (χ3v) is 2.80. The normalized spacial score (nSPS) is 12.7. The van der Waals surface area contributed by atoms with Crippen LogP contribution in [0.15, 0.2) is 30.5 Å². The third-order valence-electron chi connectivity index (χ3n) is 2.57. The molecule has 1 atom stereocenters. The highest BCUT2D eigenvalue weighted by molar-refractivity contribution is 6.30. The van der Waals surface area contributed by atoms with Crippen molar-refractivity contribution in [3.8, 4) is 0 Å². The van der Waals surface area contributed by atoms with E-state index in [2.05, 4.69) is 5.10 Å². The van der Waals surface area contributed by atoms with Gasteiger partial charge in [-0.3, -0.25) is 4.68 Å². The van der Waals surface area contributed by atoms with Gasteiger partial charge in [-0.1, -0.05) is 17.7 Å². The molecule has 0 aliphatic rings. The maximum Gasteiger partial charge on any atom is 0.127 e. The second-order valence-corrected chi connectivity index (χ2v) is 4.40. The lowest BCUT2D eigenvalue weighted by Crippen LogP contribution is -2.15. The molecule has 0 spiro atoms. The predicted octanol–water partition coefficient (Wildman–Crippen LogP) is 2.46. The van der Waals surface area contributed by atoms with Crippen molar-refractivity contribution in [2.45, 2.75) is 12.5 Å². The number of nitrogens with zero attached hydrogens (tertiary/aromatic N) is 2. The molecule has 17 heavy (non-hydrogen) atoms. The standard InChI is InChI=1S/C12H13ClFN3/c1-17-5-4-12(16-17)11(15)6-8-2-3-9(13)7-10(8)14/h2-5,7,11H,6,15H2,1H3. The predicted molar refractivity (Wildman–Crippen MR) is 65.3 cm³/mol. The van der Waals surface area contributed by atoms with E-state index >= 15 is 0 Å². The Morgan fingerprint density at radius 3 is 2.82 bits per heavy atom. The van der Waals surface area contributed by atoms with E-state index in [4.69, 9.17) is 17.3 Å². The van der Waals surface area contributed by atoms with Crippen molar-refractivity contribution in [2.75, 3.05) is 0 Å². The molecule has 5 heteroatoms. The zero-order chi connectivity index (χ0) is 12.4. The van der Waals surface area contributed by atoms with Gasteiger partial charge in [-0.15, -0.1) is 0 Å². The molecule has 0 aliphatic heterocycles. The van der Waals surface area contributed by atoms with Crippen LogP contribution in [0.4, 0.5) is 4.39 Å². The number of nitrogens with two attached hydrogens (primary N) is 1. The van der Waals surface area contributed by atoms with Gasteiger partial charge in [0.25, 0.3) is 0 Å². The molecule has 1 heterocycles. The molecule has 0 amide bonds. The van der Waals surface area contributed by atoms with Crippen molar-refractivity contribution in [1.82, 2.24) is 9.78 Å². The lowest BCUT2D eigenvalue weighted by molar-refractivity contribution is 0.586. The molecule has 0 saturated heterocycles. The highest BCUT2D eigenvalue weighted by atomic mass is 35.5. The lowest BCUT2D eigenvalue weighted by atomic mass is 10.0. The van der Waals surface area contributed by atoms with Crippen LogP contribution in [0.25, 0.3) is 0 Å². The molecule has 0 bridgehead atoms. The van der Waals surface area contributed by atoms with E-state index in [9.17, 15) is 4.39 Å². The van der Waals surface area contributed by atoms with Crippen LogP contribution in [0, 0.1) is 5.82 Å². The first-order valence-corrected chi connectivity index (χ1v) is 5.63. The van der Waals surface area contributed by atoms with Gasteiger partial charge in [0.2, 0.25) is 0 Å². The average Bonchev–Trinajstić information content (AvgIpc) is 2.69. The second kappa shape index (κ2) is 4.85. The van der Waals surface area contributed by atoms with Gasteiger partial charge < -0.3 is 5.73 Å². The Labute approximate surface area is 104 Å². The Kier molecular flexibility index (Phi) is 3.45. The Morgan fingerprint density at radius 2 is 2.24 bits per heavy atom. The Balaban J connectivity index is 2.15. The van der Waals surface area contributed by atoms with Crippen molar-refractivity contribution >= 4 is 11.6 Å². The van der Waals surface area contributed by atoms with Gasteiger partial charge in [-0.25, -0.2) is 4.39 Å². The summed E-state index contributed by atoms with van der Waals surface area (Å²) in [4.78, 5) is 0. The molecule has 0 saturated carbocycles. The summed E-state index contributed by atoms with van der Waals surface area (Å²) in [5, 5.41) is 4.58. The first kappa shape index (κ1) is 12.1. The maximum atomic E-state index is 13.6. The van der Waals surface area contributed by atoms with Gasteiger partial charge in [0, 0.05) is 18.3 Å². The van der Waals surface area contributed by atoms with Crippen LogP contribution in [0.2, 0.25) is 5.02 Å². The van der Waals surface area contributed by atoms with Gasteiger partial charge in [0.05, 0.1) is 11.7 Å². The number of hydrogen-bond acceptors (Lipinski definition) is 2. The summed E-state index contributed by atoms with van der Waals surface area (Å²) >= 11 is 5.69. The molecular formula is C12H13ClFN3. The van der Waals surface area contributed by atoms with Crippen LogP contribution in [-0.2, 0) is 13.5 Å². The largest absolute Gasteiger partial charge is 0.322 e. The highest BCUT2D eigenvalue weighted by Crippen LogP contribution is 2.19. The van der Waals surface area contributed by atoms with E-state index in [1.807, 2.05) is 19.3 Å². The third kappa shape index (κ3) is 2.84. The fourth-order valence-corrected chi connectivity index (χ4v) is 1.82. The number of rotatable bonds is 3. The SMILES string of the molecule is Cn1ccc(C(N)Cc2ccc(Cl)cc2F)n1. The minimum Gasteiger partial charge on any atom is -0.322 e. The maximum absolute atomic E-state index is 13.6. The van der Waals surface area contributed by atoms with Crippen molar-refractivity contribution in [3.63, 3.8) is 0 Å². The van der Waals surface area contributed by atoms with Crippen molar-refractivity contribution in [1.29, 1.82) is 0 Å². The minimum absolute atomic E-state index is 0.313. The Morgan fingerprint density at radius 1 is 1.47 bits per heavy atom. The number of hydrogen-bond donors (Lipinski definition) is 1. The monoisotopic (exact) mass is 253 g/mol. The molecule has 2 aromatic rings. The zero-order valence-electron chi connectivity index (χ0n) is 9.40. The number of aryl methyl sites for hydroxylation is 1. The van der Waals surface area contributed by atoms with E-state index in [1.54, 1.807) is 16.8 Å². The number of aromatic nitrogens is 2. The van der Waals surface area contributed by atoms with Crippen LogP contribution < -0.4 is 5.73 Å². The van der Waals surface area contributed by atoms with Crippen LogP contribution in [0.5, 0.6) is 0 Å². The quantitative estimate of drug-likeness (QED) is 0.913. The van der Waals surface area contributed by atoms with E-state index in [0.717, 1.165) is 5.69 Å². The summed E-state index contributed by atoms with van der Waals surface area (Å²) in [5.74, 6) is -0.330. The molecule has 1 aromatic carbocycles. The summed E-state index contributed by atoms with van der Waals surface area (Å²) in [6, 6.07) is 6.12. The zero-order valence-corrected chi connectivity index (χ0v) is 10.2. The van der Waals surface area contributed by atoms with Gasteiger partial charge in [0.15, 0.2) is 0 Å². The smallest absolute Gasteiger partial charge is 0.127 e. The van der Waals surface area contributed by atoms with Gasteiger partial charge in [-0.2, -0.15) is 5.10 Å². The lowest BCUT2D eigenvalue weighted by Gasteiger charge is -2.09. The molecule has 0 fully saturated rings. The van der Waals surface area contributed by atoms with E-state index in [-0.39, 0.29) is 11.9 Å². The summed E-state index contributed by atoms with van der Waals surface area (Å²) in [6.45, 7) is 0. The van der Waals surface area contributed by atoms with E-state index < -0.39 is 0 Å². The van der Waals surface area contributed by atoms with Crippen LogP contribution in [-0.4, -0.2) is 9.78 Å². The first-order chi connectivity index (χ1) is 8.06. The van der Waals surface area contributed by atoms with Crippen LogP contribution in [0.1, 0.15) is 17.3 Å². The van der Waals surface area contributed by atoms with E-state index in [1.165, 1.54) is 6.07 Å². The first-order valence-electron chi connectivity index (χ1n) is 5.25. The Hall–Kier alpha value is -1.39.